The van der Waals surface area contributed by atoms with E-state index in [9.17, 15) is 13.2 Å². The summed E-state index contributed by atoms with van der Waals surface area (Å²) in [6.07, 6.45) is -4.47. The average molecular weight is 288 g/mol. The standard InChI is InChI=1S/C14H19F3N2O/c1-9-8-20-10(2)7-19(9)13-4-3-11(6-18)5-12(13)14(15,16)17/h3-5,9-10H,6-8,18H2,1-2H3. The van der Waals surface area contributed by atoms with Gasteiger partial charge in [-0.2, -0.15) is 13.2 Å². The molecule has 20 heavy (non-hydrogen) atoms. The van der Waals surface area contributed by atoms with E-state index < -0.39 is 11.7 Å². The van der Waals surface area contributed by atoms with Crippen molar-refractivity contribution in [2.75, 3.05) is 18.1 Å². The molecule has 3 nitrogen and oxygen atoms in total. The van der Waals surface area contributed by atoms with E-state index in [4.69, 9.17) is 10.5 Å². The van der Waals surface area contributed by atoms with Crippen LogP contribution in [0, 0.1) is 0 Å². The predicted molar refractivity (Wildman–Crippen MR) is 71.6 cm³/mol. The minimum absolute atomic E-state index is 0.0820. The highest BCUT2D eigenvalue weighted by Crippen LogP contribution is 2.38. The Balaban J connectivity index is 2.44. The number of rotatable bonds is 2. The third-order valence-electron chi connectivity index (χ3n) is 3.52. The second kappa shape index (κ2) is 5.61. The van der Waals surface area contributed by atoms with Gasteiger partial charge in [0.05, 0.1) is 18.3 Å². The van der Waals surface area contributed by atoms with Gasteiger partial charge in [-0.15, -0.1) is 0 Å². The van der Waals surface area contributed by atoms with Crippen molar-refractivity contribution in [1.29, 1.82) is 0 Å². The van der Waals surface area contributed by atoms with Crippen molar-refractivity contribution in [3.63, 3.8) is 0 Å². The molecule has 2 rings (SSSR count). The molecule has 1 fully saturated rings. The third kappa shape index (κ3) is 3.07. The summed E-state index contributed by atoms with van der Waals surface area (Å²) in [5.41, 5.74) is 5.50. The lowest BCUT2D eigenvalue weighted by molar-refractivity contribution is -0.137. The van der Waals surface area contributed by atoms with Gasteiger partial charge in [-0.1, -0.05) is 6.07 Å². The van der Waals surface area contributed by atoms with Crippen LogP contribution in [0.15, 0.2) is 18.2 Å². The second-order valence-corrected chi connectivity index (χ2v) is 5.20. The van der Waals surface area contributed by atoms with Crippen LogP contribution in [0.1, 0.15) is 25.0 Å². The average Bonchev–Trinajstić information content (AvgIpc) is 2.40. The molecule has 1 aromatic rings. The summed E-state index contributed by atoms with van der Waals surface area (Å²) in [6.45, 7) is 4.70. The Morgan fingerprint density at radius 2 is 2.05 bits per heavy atom. The van der Waals surface area contributed by atoms with E-state index in [1.165, 1.54) is 6.07 Å². The normalized spacial score (nSPS) is 24.0. The maximum atomic E-state index is 13.2. The van der Waals surface area contributed by atoms with Gasteiger partial charge in [-0.3, -0.25) is 0 Å². The number of ether oxygens (including phenoxy) is 1. The molecule has 0 amide bonds. The molecule has 1 heterocycles. The number of anilines is 1. The summed E-state index contributed by atoms with van der Waals surface area (Å²) in [7, 11) is 0. The van der Waals surface area contributed by atoms with Crippen molar-refractivity contribution < 1.29 is 17.9 Å². The molecule has 0 aromatic heterocycles. The predicted octanol–water partition coefficient (Wildman–Crippen LogP) is 2.78. The lowest BCUT2D eigenvalue weighted by Gasteiger charge is -2.39. The van der Waals surface area contributed by atoms with E-state index in [0.29, 0.717) is 18.7 Å². The Bertz CT molecular complexity index is 476. The summed E-state index contributed by atoms with van der Waals surface area (Å²) in [6, 6.07) is 4.22. The van der Waals surface area contributed by atoms with Crippen molar-refractivity contribution >= 4 is 5.69 Å². The Morgan fingerprint density at radius 3 is 2.65 bits per heavy atom. The molecule has 6 heteroatoms. The number of hydrogen-bond donors (Lipinski definition) is 1. The molecule has 2 unspecified atom stereocenters. The molecule has 0 spiro atoms. The lowest BCUT2D eigenvalue weighted by Crippen LogP contribution is -2.48. The smallest absolute Gasteiger partial charge is 0.375 e. The number of benzene rings is 1. The van der Waals surface area contributed by atoms with Crippen LogP contribution in [0.3, 0.4) is 0 Å². The van der Waals surface area contributed by atoms with E-state index >= 15 is 0 Å². The van der Waals surface area contributed by atoms with Crippen LogP contribution in [0.25, 0.3) is 0 Å². The van der Waals surface area contributed by atoms with E-state index in [-0.39, 0.29) is 24.4 Å². The summed E-state index contributed by atoms with van der Waals surface area (Å²) < 4.78 is 45.2. The van der Waals surface area contributed by atoms with Crippen LogP contribution >= 0.6 is 0 Å². The first kappa shape index (κ1) is 15.1. The van der Waals surface area contributed by atoms with Gasteiger partial charge in [0, 0.05) is 24.8 Å². The first-order valence-corrected chi connectivity index (χ1v) is 6.61. The molecule has 0 aliphatic carbocycles. The highest BCUT2D eigenvalue weighted by atomic mass is 19.4. The summed E-state index contributed by atoms with van der Waals surface area (Å²) in [5.74, 6) is 0. The minimum atomic E-state index is -4.39. The molecular formula is C14H19F3N2O. The zero-order chi connectivity index (χ0) is 14.9. The minimum Gasteiger partial charge on any atom is -0.375 e. The number of hydrogen-bond acceptors (Lipinski definition) is 3. The topological polar surface area (TPSA) is 38.5 Å². The Labute approximate surface area is 116 Å². The van der Waals surface area contributed by atoms with Crippen molar-refractivity contribution in [2.24, 2.45) is 5.73 Å². The summed E-state index contributed by atoms with van der Waals surface area (Å²) >= 11 is 0. The fraction of sp³-hybridized carbons (Fsp3) is 0.571. The molecule has 1 aliphatic rings. The van der Waals surface area contributed by atoms with Gasteiger partial charge >= 0.3 is 6.18 Å². The number of alkyl halides is 3. The van der Waals surface area contributed by atoms with Crippen LogP contribution in [-0.4, -0.2) is 25.3 Å². The van der Waals surface area contributed by atoms with Crippen LogP contribution in [0.4, 0.5) is 18.9 Å². The fourth-order valence-corrected chi connectivity index (χ4v) is 2.43. The Kier molecular flexibility index (Phi) is 4.25. The Hall–Kier alpha value is -1.27. The molecule has 2 atom stereocenters. The SMILES string of the molecule is CC1CN(c2ccc(CN)cc2C(F)(F)F)C(C)CO1. The summed E-state index contributed by atoms with van der Waals surface area (Å²) in [4.78, 5) is 1.76. The largest absolute Gasteiger partial charge is 0.418 e. The van der Waals surface area contributed by atoms with Gasteiger partial charge in [0.15, 0.2) is 0 Å². The van der Waals surface area contributed by atoms with Crippen LogP contribution < -0.4 is 10.6 Å². The molecule has 0 bridgehead atoms. The van der Waals surface area contributed by atoms with E-state index in [1.807, 2.05) is 13.8 Å². The summed E-state index contributed by atoms with van der Waals surface area (Å²) in [5, 5.41) is 0. The molecule has 1 aromatic carbocycles. The van der Waals surface area contributed by atoms with E-state index in [2.05, 4.69) is 0 Å². The molecule has 1 aliphatic heterocycles. The number of morpholine rings is 1. The lowest BCUT2D eigenvalue weighted by atomic mass is 10.0. The van der Waals surface area contributed by atoms with E-state index in [1.54, 1.807) is 11.0 Å². The highest BCUT2D eigenvalue weighted by molar-refractivity contribution is 5.57. The van der Waals surface area contributed by atoms with Crippen molar-refractivity contribution in [1.82, 2.24) is 0 Å². The van der Waals surface area contributed by atoms with Crippen LogP contribution in [0.2, 0.25) is 0 Å². The second-order valence-electron chi connectivity index (χ2n) is 5.20. The maximum Gasteiger partial charge on any atom is 0.418 e. The molecule has 112 valence electrons. The zero-order valence-electron chi connectivity index (χ0n) is 11.6. The first-order valence-electron chi connectivity index (χ1n) is 6.61. The zero-order valence-corrected chi connectivity index (χ0v) is 11.6. The van der Waals surface area contributed by atoms with Crippen LogP contribution in [0.5, 0.6) is 0 Å². The fourth-order valence-electron chi connectivity index (χ4n) is 2.43. The third-order valence-corrected chi connectivity index (χ3v) is 3.52. The number of nitrogens with two attached hydrogens (primary N) is 1. The number of halogens is 3. The Morgan fingerprint density at radius 1 is 1.35 bits per heavy atom. The van der Waals surface area contributed by atoms with Crippen molar-refractivity contribution in [3.05, 3.63) is 29.3 Å². The highest BCUT2D eigenvalue weighted by Gasteiger charge is 2.37. The van der Waals surface area contributed by atoms with Gasteiger partial charge in [0.2, 0.25) is 0 Å². The van der Waals surface area contributed by atoms with E-state index in [0.717, 1.165) is 6.07 Å². The quantitative estimate of drug-likeness (QED) is 0.909. The van der Waals surface area contributed by atoms with Gasteiger partial charge in [-0.25, -0.2) is 0 Å². The maximum absolute atomic E-state index is 13.2. The van der Waals surface area contributed by atoms with Crippen molar-refractivity contribution in [3.8, 4) is 0 Å². The molecule has 0 saturated carbocycles. The molecule has 1 saturated heterocycles. The first-order chi connectivity index (χ1) is 9.32. The van der Waals surface area contributed by atoms with Gasteiger partial charge < -0.3 is 15.4 Å². The monoisotopic (exact) mass is 288 g/mol. The van der Waals surface area contributed by atoms with Gasteiger partial charge in [-0.05, 0) is 31.5 Å². The molecule has 0 radical (unpaired) electrons. The van der Waals surface area contributed by atoms with Crippen molar-refractivity contribution in [2.45, 2.75) is 38.7 Å². The number of nitrogens with zero attached hydrogens (tertiary/aromatic N) is 1. The van der Waals surface area contributed by atoms with Crippen LogP contribution in [-0.2, 0) is 17.5 Å². The molecule has 2 N–H and O–H groups in total. The van der Waals surface area contributed by atoms with Gasteiger partial charge in [0.25, 0.3) is 0 Å². The van der Waals surface area contributed by atoms with Gasteiger partial charge in [0.1, 0.15) is 0 Å². The molecular weight excluding hydrogens is 269 g/mol.